The highest BCUT2D eigenvalue weighted by molar-refractivity contribution is 14.0. The van der Waals surface area contributed by atoms with Gasteiger partial charge in [-0.1, -0.05) is 34.1 Å². The van der Waals surface area contributed by atoms with E-state index in [1.807, 2.05) is 43.3 Å². The van der Waals surface area contributed by atoms with Crippen molar-refractivity contribution in [3.05, 3.63) is 64.1 Å². The number of amides is 1. The lowest BCUT2D eigenvalue weighted by molar-refractivity contribution is 0.0954. The highest BCUT2D eigenvalue weighted by Gasteiger charge is 2.05. The van der Waals surface area contributed by atoms with E-state index in [4.69, 9.17) is 4.74 Å². The Morgan fingerprint density at radius 1 is 1.07 bits per heavy atom. The predicted octanol–water partition coefficient (Wildman–Crippen LogP) is 3.56. The van der Waals surface area contributed by atoms with E-state index in [0.29, 0.717) is 31.2 Å². The molecule has 3 N–H and O–H groups in total. The summed E-state index contributed by atoms with van der Waals surface area (Å²) in [6, 6.07) is 15.1. The maximum absolute atomic E-state index is 12.1. The van der Waals surface area contributed by atoms with E-state index in [0.717, 1.165) is 22.3 Å². The van der Waals surface area contributed by atoms with Crippen LogP contribution < -0.4 is 20.7 Å². The monoisotopic (exact) mass is 560 g/mol. The van der Waals surface area contributed by atoms with Gasteiger partial charge in [0.15, 0.2) is 5.96 Å². The first kappa shape index (κ1) is 24.2. The van der Waals surface area contributed by atoms with Crippen molar-refractivity contribution in [3.8, 4) is 5.75 Å². The number of hydrogen-bond donors (Lipinski definition) is 3. The van der Waals surface area contributed by atoms with Gasteiger partial charge in [-0.2, -0.15) is 0 Å². The van der Waals surface area contributed by atoms with Crippen LogP contribution in [0.1, 0.15) is 22.8 Å². The molecule has 0 aliphatic heterocycles. The van der Waals surface area contributed by atoms with Gasteiger partial charge in [0.2, 0.25) is 0 Å². The molecular weight excluding hydrogens is 535 g/mol. The zero-order valence-corrected chi connectivity index (χ0v) is 19.9. The number of hydrogen-bond acceptors (Lipinski definition) is 3. The molecule has 1 amide bonds. The van der Waals surface area contributed by atoms with Crippen molar-refractivity contribution < 1.29 is 9.53 Å². The van der Waals surface area contributed by atoms with Crippen LogP contribution in [0.25, 0.3) is 0 Å². The summed E-state index contributed by atoms with van der Waals surface area (Å²) in [5, 5.41) is 9.31. The molecule has 2 rings (SSSR count). The summed E-state index contributed by atoms with van der Waals surface area (Å²) in [6.07, 6.45) is 0. The Labute approximate surface area is 191 Å². The number of rotatable bonds is 8. The van der Waals surface area contributed by atoms with Crippen LogP contribution in [0.3, 0.4) is 0 Å². The normalized spacial score (nSPS) is 10.6. The number of halogens is 2. The van der Waals surface area contributed by atoms with Gasteiger partial charge in [-0.15, -0.1) is 24.0 Å². The highest BCUT2D eigenvalue weighted by atomic mass is 127. The van der Waals surface area contributed by atoms with Gasteiger partial charge in [-0.25, -0.2) is 4.99 Å². The van der Waals surface area contributed by atoms with Crippen LogP contribution >= 0.6 is 39.9 Å². The number of ether oxygens (including phenoxy) is 1. The summed E-state index contributed by atoms with van der Waals surface area (Å²) in [5.74, 6) is 1.44. The van der Waals surface area contributed by atoms with Gasteiger partial charge in [-0.3, -0.25) is 4.79 Å². The van der Waals surface area contributed by atoms with Gasteiger partial charge in [0.05, 0.1) is 13.7 Å². The second-order valence-electron chi connectivity index (χ2n) is 5.74. The predicted molar refractivity (Wildman–Crippen MR) is 128 cm³/mol. The maximum atomic E-state index is 12.1. The molecule has 0 unspecified atom stereocenters. The summed E-state index contributed by atoms with van der Waals surface area (Å²) < 4.78 is 6.04. The van der Waals surface area contributed by atoms with E-state index in [1.165, 1.54) is 0 Å². The molecule has 0 aliphatic carbocycles. The number of nitrogens with one attached hydrogen (secondary N) is 3. The number of carbonyl (C=O) groups excluding carboxylic acids is 1. The van der Waals surface area contributed by atoms with Gasteiger partial charge in [0.1, 0.15) is 5.75 Å². The number of methoxy groups -OCH3 is 1. The molecule has 0 heterocycles. The maximum Gasteiger partial charge on any atom is 0.251 e. The van der Waals surface area contributed by atoms with Crippen LogP contribution in [0.15, 0.2) is 58.0 Å². The van der Waals surface area contributed by atoms with E-state index < -0.39 is 0 Å². The number of guanidine groups is 1. The van der Waals surface area contributed by atoms with Gasteiger partial charge in [0, 0.05) is 29.7 Å². The third-order valence-electron chi connectivity index (χ3n) is 3.71. The van der Waals surface area contributed by atoms with Crippen LogP contribution in [-0.2, 0) is 6.54 Å². The molecule has 28 heavy (non-hydrogen) atoms. The molecule has 0 aromatic heterocycles. The lowest BCUT2D eigenvalue weighted by Gasteiger charge is -2.12. The van der Waals surface area contributed by atoms with Crippen LogP contribution in [0, 0.1) is 0 Å². The molecule has 2 aromatic rings. The second-order valence-corrected chi connectivity index (χ2v) is 6.65. The fourth-order valence-corrected chi connectivity index (χ4v) is 2.73. The summed E-state index contributed by atoms with van der Waals surface area (Å²) in [7, 11) is 1.65. The summed E-state index contributed by atoms with van der Waals surface area (Å²) in [4.78, 5) is 16.7. The Morgan fingerprint density at radius 3 is 2.43 bits per heavy atom. The molecule has 8 heteroatoms. The topological polar surface area (TPSA) is 74.8 Å². The molecule has 0 fully saturated rings. The molecule has 6 nitrogen and oxygen atoms in total. The van der Waals surface area contributed by atoms with E-state index in [-0.39, 0.29) is 29.9 Å². The molecule has 0 saturated carbocycles. The third kappa shape index (κ3) is 8.47. The Morgan fingerprint density at radius 2 is 1.79 bits per heavy atom. The van der Waals surface area contributed by atoms with E-state index in [2.05, 4.69) is 36.9 Å². The molecule has 0 saturated heterocycles. The van der Waals surface area contributed by atoms with Gasteiger partial charge >= 0.3 is 0 Å². The minimum absolute atomic E-state index is 0. The Balaban J connectivity index is 0.00000392. The van der Waals surface area contributed by atoms with Gasteiger partial charge in [-0.05, 0) is 42.8 Å². The first-order valence-electron chi connectivity index (χ1n) is 8.81. The fourth-order valence-electron chi connectivity index (χ4n) is 2.33. The Hall–Kier alpha value is -1.81. The zero-order chi connectivity index (χ0) is 19.5. The lowest BCUT2D eigenvalue weighted by Crippen LogP contribution is -2.41. The molecule has 0 radical (unpaired) electrons. The average molecular weight is 561 g/mol. The largest absolute Gasteiger partial charge is 0.497 e. The minimum atomic E-state index is -0.0988. The molecular formula is C20H26BrIN4O2. The van der Waals surface area contributed by atoms with Gasteiger partial charge in [0.25, 0.3) is 5.91 Å². The summed E-state index contributed by atoms with van der Waals surface area (Å²) >= 11 is 3.37. The first-order chi connectivity index (χ1) is 13.1. The smallest absolute Gasteiger partial charge is 0.251 e. The summed E-state index contributed by atoms with van der Waals surface area (Å²) in [6.45, 7) is 4.41. The van der Waals surface area contributed by atoms with Crippen molar-refractivity contribution in [3.63, 3.8) is 0 Å². The van der Waals surface area contributed by atoms with E-state index >= 15 is 0 Å². The van der Waals surface area contributed by atoms with Crippen LogP contribution in [-0.4, -0.2) is 38.6 Å². The Bertz CT molecular complexity index is 769. The van der Waals surface area contributed by atoms with Crippen LogP contribution in [0.5, 0.6) is 5.75 Å². The minimum Gasteiger partial charge on any atom is -0.497 e. The highest BCUT2D eigenvalue weighted by Crippen LogP contribution is 2.12. The van der Waals surface area contributed by atoms with Crippen molar-refractivity contribution in [1.82, 2.24) is 16.0 Å². The molecule has 0 spiro atoms. The number of carbonyl (C=O) groups is 1. The van der Waals surface area contributed by atoms with Crippen molar-refractivity contribution in [1.29, 1.82) is 0 Å². The number of benzene rings is 2. The lowest BCUT2D eigenvalue weighted by atomic mass is 10.2. The molecule has 0 aliphatic rings. The first-order valence-corrected chi connectivity index (χ1v) is 9.60. The molecule has 152 valence electrons. The van der Waals surface area contributed by atoms with Gasteiger partial charge < -0.3 is 20.7 Å². The van der Waals surface area contributed by atoms with E-state index in [1.54, 1.807) is 19.2 Å². The average Bonchev–Trinajstić information content (AvgIpc) is 2.69. The number of aliphatic imine (C=N–C) groups is 1. The van der Waals surface area contributed by atoms with Crippen molar-refractivity contribution in [2.45, 2.75) is 13.5 Å². The number of nitrogens with zero attached hydrogens (tertiary/aromatic N) is 1. The van der Waals surface area contributed by atoms with Crippen molar-refractivity contribution in [2.75, 3.05) is 26.7 Å². The summed E-state index contributed by atoms with van der Waals surface area (Å²) in [5.41, 5.74) is 1.72. The SMILES string of the molecule is CCNC(=NCc1ccc(OC)cc1)NCCNC(=O)c1cccc(Br)c1.I. The van der Waals surface area contributed by atoms with E-state index in [9.17, 15) is 4.79 Å². The molecule has 0 atom stereocenters. The van der Waals surface area contributed by atoms with Crippen molar-refractivity contribution >= 4 is 51.8 Å². The standard InChI is InChI=1S/C20H25BrN4O2.HI/c1-3-22-20(25-14-15-7-9-18(27-2)10-8-15)24-12-11-23-19(26)16-5-4-6-17(21)13-16;/h4-10,13H,3,11-12,14H2,1-2H3,(H,23,26)(H2,22,24,25);1H. The van der Waals surface area contributed by atoms with Crippen molar-refractivity contribution in [2.24, 2.45) is 4.99 Å². The second kappa shape index (κ2) is 13.4. The third-order valence-corrected chi connectivity index (χ3v) is 4.21. The quantitative estimate of drug-likeness (QED) is 0.200. The zero-order valence-electron chi connectivity index (χ0n) is 16.0. The fraction of sp³-hybridized carbons (Fsp3) is 0.300. The van der Waals surface area contributed by atoms with Crippen LogP contribution in [0.2, 0.25) is 0 Å². The molecule has 0 bridgehead atoms. The Kier molecular flexibility index (Phi) is 11.6. The molecule has 2 aromatic carbocycles. The van der Waals surface area contributed by atoms with Crippen LogP contribution in [0.4, 0.5) is 0 Å².